The average Bonchev–Trinajstić information content (AvgIpc) is 2.42. The summed E-state index contributed by atoms with van der Waals surface area (Å²) in [6.45, 7) is 0.608. The van der Waals surface area contributed by atoms with Crippen LogP contribution >= 0.6 is 0 Å². The smallest absolute Gasteiger partial charge is 0.293 e. The van der Waals surface area contributed by atoms with E-state index in [9.17, 15) is 4.79 Å². The van der Waals surface area contributed by atoms with Gasteiger partial charge in [-0.05, 0) is 12.1 Å². The van der Waals surface area contributed by atoms with Crippen molar-refractivity contribution in [1.29, 1.82) is 0 Å². The number of methoxy groups -OCH3 is 3. The molecule has 0 saturated heterocycles. The van der Waals surface area contributed by atoms with Crippen LogP contribution in [0.15, 0.2) is 18.2 Å². The van der Waals surface area contributed by atoms with Gasteiger partial charge in [-0.15, -0.1) is 0 Å². The summed E-state index contributed by atoms with van der Waals surface area (Å²) in [5.41, 5.74) is 0.810. The minimum Gasteiger partial charge on any atom is -0.496 e. The number of rotatable bonds is 7. The zero-order valence-corrected chi connectivity index (χ0v) is 10.6. The molecule has 5 heteroatoms. The van der Waals surface area contributed by atoms with Crippen LogP contribution in [-0.2, 0) is 9.53 Å². The van der Waals surface area contributed by atoms with E-state index in [1.807, 2.05) is 0 Å². The van der Waals surface area contributed by atoms with Crippen molar-refractivity contribution < 1.29 is 23.7 Å². The van der Waals surface area contributed by atoms with Crippen LogP contribution in [0, 0.1) is 0 Å². The van der Waals surface area contributed by atoms with Crippen molar-refractivity contribution >= 4 is 12.5 Å². The Morgan fingerprint density at radius 2 is 1.61 bits per heavy atom. The molecule has 0 aliphatic rings. The largest absolute Gasteiger partial charge is 0.496 e. The van der Waals surface area contributed by atoms with Crippen LogP contribution < -0.4 is 14.2 Å². The highest BCUT2D eigenvalue weighted by Gasteiger charge is 2.09. The van der Waals surface area contributed by atoms with Crippen LogP contribution in [0.25, 0.3) is 6.08 Å². The van der Waals surface area contributed by atoms with Gasteiger partial charge in [0.05, 0.1) is 21.3 Å². The molecule has 0 fully saturated rings. The molecule has 0 aliphatic carbocycles. The number of carbonyl (C=O) groups is 1. The van der Waals surface area contributed by atoms with E-state index in [0.29, 0.717) is 23.7 Å². The fraction of sp³-hybridized carbons (Fsp3) is 0.308. The molecule has 0 unspecified atom stereocenters. The summed E-state index contributed by atoms with van der Waals surface area (Å²) in [5, 5.41) is 0. The highest BCUT2D eigenvalue weighted by atomic mass is 16.5. The normalized spacial score (nSPS) is 10.2. The zero-order valence-electron chi connectivity index (χ0n) is 10.6. The lowest BCUT2D eigenvalue weighted by molar-refractivity contribution is -0.127. The lowest BCUT2D eigenvalue weighted by Gasteiger charge is -2.12. The molecule has 18 heavy (non-hydrogen) atoms. The van der Waals surface area contributed by atoms with E-state index in [-0.39, 0.29) is 6.61 Å². The van der Waals surface area contributed by atoms with Gasteiger partial charge in [-0.1, -0.05) is 6.08 Å². The topological polar surface area (TPSA) is 54.0 Å². The number of hydrogen-bond donors (Lipinski definition) is 0. The number of hydrogen-bond acceptors (Lipinski definition) is 5. The number of carbonyl (C=O) groups excluding carboxylic acids is 1. The van der Waals surface area contributed by atoms with Crippen molar-refractivity contribution in [2.24, 2.45) is 0 Å². The van der Waals surface area contributed by atoms with Crippen molar-refractivity contribution in [3.63, 3.8) is 0 Å². The Balaban J connectivity index is 3.01. The molecule has 1 rings (SSSR count). The third-order valence-electron chi connectivity index (χ3n) is 2.29. The van der Waals surface area contributed by atoms with Crippen LogP contribution in [0.5, 0.6) is 17.2 Å². The molecule has 98 valence electrons. The Labute approximate surface area is 106 Å². The fourth-order valence-corrected chi connectivity index (χ4v) is 1.45. The predicted molar refractivity (Wildman–Crippen MR) is 67.1 cm³/mol. The van der Waals surface area contributed by atoms with Crippen molar-refractivity contribution in [1.82, 2.24) is 0 Å². The first-order valence-electron chi connectivity index (χ1n) is 5.28. The summed E-state index contributed by atoms with van der Waals surface area (Å²) in [6, 6.07) is 3.52. The van der Waals surface area contributed by atoms with E-state index in [0.717, 1.165) is 5.56 Å². The summed E-state index contributed by atoms with van der Waals surface area (Å²) in [6.07, 6.45) is 3.49. The van der Waals surface area contributed by atoms with Gasteiger partial charge in [-0.25, -0.2) is 0 Å². The van der Waals surface area contributed by atoms with E-state index < -0.39 is 0 Å². The lowest BCUT2D eigenvalue weighted by atomic mass is 10.1. The highest BCUT2D eigenvalue weighted by Crippen LogP contribution is 2.35. The molecule has 0 aromatic heterocycles. The van der Waals surface area contributed by atoms with Crippen LogP contribution in [0.3, 0.4) is 0 Å². The molecule has 0 heterocycles. The first kappa shape index (κ1) is 13.9. The maximum absolute atomic E-state index is 10.0. The molecule has 0 spiro atoms. The second-order valence-electron chi connectivity index (χ2n) is 3.28. The van der Waals surface area contributed by atoms with Gasteiger partial charge in [0, 0.05) is 11.6 Å². The minimum absolute atomic E-state index is 0.209. The molecule has 0 N–H and O–H groups in total. The average molecular weight is 252 g/mol. The van der Waals surface area contributed by atoms with Gasteiger partial charge in [-0.2, -0.15) is 0 Å². The van der Waals surface area contributed by atoms with Crippen LogP contribution in [0.4, 0.5) is 0 Å². The molecule has 0 atom stereocenters. The lowest BCUT2D eigenvalue weighted by Crippen LogP contribution is -1.94. The molecule has 0 aliphatic heterocycles. The second kappa shape index (κ2) is 7.21. The minimum atomic E-state index is 0.209. The van der Waals surface area contributed by atoms with Crippen molar-refractivity contribution in [2.45, 2.75) is 0 Å². The molecule has 0 bridgehead atoms. The van der Waals surface area contributed by atoms with Gasteiger partial charge in [-0.3, -0.25) is 4.79 Å². The van der Waals surface area contributed by atoms with Gasteiger partial charge in [0.15, 0.2) is 11.5 Å². The van der Waals surface area contributed by atoms with Crippen molar-refractivity contribution in [3.8, 4) is 17.2 Å². The SMILES string of the molecule is COc1cc(OC)c(OC)cc1/C=C/COC=O. The van der Waals surface area contributed by atoms with Gasteiger partial charge in [0.1, 0.15) is 12.4 Å². The van der Waals surface area contributed by atoms with Gasteiger partial charge >= 0.3 is 0 Å². The Bertz CT molecular complexity index is 426. The number of ether oxygens (including phenoxy) is 4. The van der Waals surface area contributed by atoms with Crippen molar-refractivity contribution in [3.05, 3.63) is 23.8 Å². The van der Waals surface area contributed by atoms with Gasteiger partial charge in [0.25, 0.3) is 6.47 Å². The molecule has 0 amide bonds. The van der Waals surface area contributed by atoms with Crippen molar-refractivity contribution in [2.75, 3.05) is 27.9 Å². The second-order valence-corrected chi connectivity index (χ2v) is 3.28. The predicted octanol–water partition coefficient (Wildman–Crippen LogP) is 1.90. The third-order valence-corrected chi connectivity index (χ3v) is 2.29. The van der Waals surface area contributed by atoms with E-state index in [1.54, 1.807) is 45.6 Å². The zero-order chi connectivity index (χ0) is 13.4. The monoisotopic (exact) mass is 252 g/mol. The molecule has 5 nitrogen and oxygen atoms in total. The molecule has 0 saturated carbocycles. The Morgan fingerprint density at radius 3 is 2.17 bits per heavy atom. The Morgan fingerprint density at radius 1 is 1.00 bits per heavy atom. The molecular formula is C13H16O5. The van der Waals surface area contributed by atoms with Gasteiger partial charge < -0.3 is 18.9 Å². The molecular weight excluding hydrogens is 236 g/mol. The standard InChI is InChI=1S/C13H16O5/c1-15-11-8-13(17-3)12(16-2)7-10(11)5-4-6-18-9-14/h4-5,7-9H,6H2,1-3H3/b5-4+. The third kappa shape index (κ3) is 3.41. The number of benzene rings is 1. The first-order valence-corrected chi connectivity index (χ1v) is 5.28. The highest BCUT2D eigenvalue weighted by molar-refractivity contribution is 5.63. The first-order chi connectivity index (χ1) is 8.76. The maximum Gasteiger partial charge on any atom is 0.293 e. The van der Waals surface area contributed by atoms with E-state index in [2.05, 4.69) is 4.74 Å². The fourth-order valence-electron chi connectivity index (χ4n) is 1.45. The summed E-state index contributed by atoms with van der Waals surface area (Å²) in [7, 11) is 4.69. The van der Waals surface area contributed by atoms with Crippen LogP contribution in [-0.4, -0.2) is 34.4 Å². The van der Waals surface area contributed by atoms with E-state index >= 15 is 0 Å². The quantitative estimate of drug-likeness (QED) is 0.548. The van der Waals surface area contributed by atoms with Crippen LogP contribution in [0.1, 0.15) is 5.56 Å². The van der Waals surface area contributed by atoms with Gasteiger partial charge in [0.2, 0.25) is 0 Å². The van der Waals surface area contributed by atoms with Crippen LogP contribution in [0.2, 0.25) is 0 Å². The van der Waals surface area contributed by atoms with E-state index in [1.165, 1.54) is 0 Å². The van der Waals surface area contributed by atoms with E-state index in [4.69, 9.17) is 14.2 Å². The maximum atomic E-state index is 10.0. The molecule has 1 aromatic rings. The summed E-state index contributed by atoms with van der Waals surface area (Å²) in [5.74, 6) is 1.85. The summed E-state index contributed by atoms with van der Waals surface area (Å²) in [4.78, 5) is 10.0. The Kier molecular flexibility index (Phi) is 5.57. The molecule has 0 radical (unpaired) electrons. The molecule has 1 aromatic carbocycles. The Hall–Kier alpha value is -2.17. The summed E-state index contributed by atoms with van der Waals surface area (Å²) < 4.78 is 20.2. The summed E-state index contributed by atoms with van der Waals surface area (Å²) >= 11 is 0.